The Kier molecular flexibility index (Phi) is 4.42. The summed E-state index contributed by atoms with van der Waals surface area (Å²) in [5.41, 5.74) is 0. The van der Waals surface area contributed by atoms with Crippen molar-refractivity contribution in [2.24, 2.45) is 0 Å². The molecule has 2 amide bonds. The van der Waals surface area contributed by atoms with Gasteiger partial charge in [0.1, 0.15) is 6.04 Å². The molecule has 2 fully saturated rings. The van der Waals surface area contributed by atoms with Gasteiger partial charge in [0.15, 0.2) is 5.78 Å². The van der Waals surface area contributed by atoms with Crippen molar-refractivity contribution in [1.82, 2.24) is 15.1 Å². The maximum Gasteiger partial charge on any atom is 0.242 e. The highest BCUT2D eigenvalue weighted by molar-refractivity contribution is 5.91. The molecule has 6 heteroatoms. The largest absolute Gasteiger partial charge is 0.339 e. The van der Waals surface area contributed by atoms with Crippen LogP contribution in [0.4, 0.5) is 0 Å². The number of nitrogens with one attached hydrogen (secondary N) is 1. The highest BCUT2D eigenvalue weighted by atomic mass is 16.2. The number of hydrogen-bond donors (Lipinski definition) is 1. The lowest BCUT2D eigenvalue weighted by molar-refractivity contribution is -0.144. The van der Waals surface area contributed by atoms with Gasteiger partial charge in [0.2, 0.25) is 11.8 Å². The molecule has 1 N–H and O–H groups in total. The summed E-state index contributed by atoms with van der Waals surface area (Å²) in [4.78, 5) is 39.7. The van der Waals surface area contributed by atoms with Crippen LogP contribution in [-0.2, 0) is 14.4 Å². The highest BCUT2D eigenvalue weighted by Gasteiger charge is 2.42. The van der Waals surface area contributed by atoms with E-state index in [0.29, 0.717) is 13.1 Å². The predicted molar refractivity (Wildman–Crippen MR) is 74.1 cm³/mol. The monoisotopic (exact) mass is 281 g/mol. The summed E-state index contributed by atoms with van der Waals surface area (Å²) >= 11 is 0. The number of nitrogens with zero attached hydrogens (tertiary/aromatic N) is 2. The average Bonchev–Trinajstić information content (AvgIpc) is 2.55. The molecule has 3 unspecified atom stereocenters. The summed E-state index contributed by atoms with van der Waals surface area (Å²) in [5.74, 6) is -0.0415. The van der Waals surface area contributed by atoms with Crippen LogP contribution in [0.5, 0.6) is 0 Å². The third-order valence-electron chi connectivity index (χ3n) is 4.39. The summed E-state index contributed by atoms with van der Waals surface area (Å²) < 4.78 is 0. The molecule has 3 atom stereocenters. The van der Waals surface area contributed by atoms with Crippen molar-refractivity contribution >= 4 is 17.6 Å². The van der Waals surface area contributed by atoms with E-state index in [9.17, 15) is 14.4 Å². The molecule has 2 rings (SSSR count). The van der Waals surface area contributed by atoms with Crippen LogP contribution in [0.1, 0.15) is 33.1 Å². The van der Waals surface area contributed by atoms with Crippen LogP contribution >= 0.6 is 0 Å². The molecule has 0 saturated carbocycles. The van der Waals surface area contributed by atoms with E-state index in [2.05, 4.69) is 5.32 Å². The molecule has 0 bridgehead atoms. The van der Waals surface area contributed by atoms with Gasteiger partial charge in [-0.3, -0.25) is 14.4 Å². The van der Waals surface area contributed by atoms with E-state index in [1.54, 1.807) is 23.8 Å². The Labute approximate surface area is 119 Å². The molecule has 0 aromatic carbocycles. The number of rotatable bonds is 2. The van der Waals surface area contributed by atoms with Crippen molar-refractivity contribution in [2.45, 2.75) is 51.2 Å². The number of fused-ring (bicyclic) bond motifs is 1. The Balaban J connectivity index is 2.32. The van der Waals surface area contributed by atoms with Crippen LogP contribution in [0.15, 0.2) is 0 Å². The van der Waals surface area contributed by atoms with Crippen LogP contribution in [0.25, 0.3) is 0 Å². The number of carbonyl (C=O) groups is 3. The van der Waals surface area contributed by atoms with E-state index in [-0.39, 0.29) is 29.7 Å². The molecule has 0 radical (unpaired) electrons. The third kappa shape index (κ3) is 2.70. The van der Waals surface area contributed by atoms with Gasteiger partial charge in [0.05, 0.1) is 12.1 Å². The lowest BCUT2D eigenvalue weighted by Gasteiger charge is -2.41. The molecular formula is C14H23N3O3. The first-order valence-electron chi connectivity index (χ1n) is 7.21. The van der Waals surface area contributed by atoms with E-state index in [1.165, 1.54) is 6.92 Å². The Morgan fingerprint density at radius 3 is 2.45 bits per heavy atom. The summed E-state index contributed by atoms with van der Waals surface area (Å²) in [6.07, 6.45) is 2.51. The molecule has 0 aliphatic carbocycles. The summed E-state index contributed by atoms with van der Waals surface area (Å²) in [6, 6.07) is -0.791. The average molecular weight is 281 g/mol. The van der Waals surface area contributed by atoms with Crippen molar-refractivity contribution in [3.63, 3.8) is 0 Å². The fraction of sp³-hybridized carbons (Fsp3) is 0.786. The van der Waals surface area contributed by atoms with Crippen LogP contribution in [0, 0.1) is 0 Å². The molecule has 20 heavy (non-hydrogen) atoms. The van der Waals surface area contributed by atoms with Crippen LogP contribution in [0.2, 0.25) is 0 Å². The summed E-state index contributed by atoms with van der Waals surface area (Å²) in [6.45, 7) is 3.98. The van der Waals surface area contributed by atoms with Crippen LogP contribution in [-0.4, -0.2) is 65.7 Å². The van der Waals surface area contributed by atoms with Crippen molar-refractivity contribution in [1.29, 1.82) is 0 Å². The van der Waals surface area contributed by atoms with E-state index in [1.807, 2.05) is 0 Å². The second kappa shape index (κ2) is 5.91. The predicted octanol–water partition coefficient (Wildman–Crippen LogP) is -0.225. The van der Waals surface area contributed by atoms with Crippen molar-refractivity contribution < 1.29 is 14.4 Å². The number of likely N-dealkylation sites (N-methyl/N-ethyl adjacent to an activating group) is 1. The van der Waals surface area contributed by atoms with Gasteiger partial charge in [-0.05, 0) is 33.2 Å². The van der Waals surface area contributed by atoms with E-state index < -0.39 is 6.04 Å². The third-order valence-corrected chi connectivity index (χ3v) is 4.39. The number of amides is 2. The first-order valence-corrected chi connectivity index (χ1v) is 7.21. The van der Waals surface area contributed by atoms with Gasteiger partial charge in [-0.15, -0.1) is 0 Å². The van der Waals surface area contributed by atoms with Crippen molar-refractivity contribution in [3.05, 3.63) is 0 Å². The van der Waals surface area contributed by atoms with Gasteiger partial charge in [0.25, 0.3) is 0 Å². The van der Waals surface area contributed by atoms with Gasteiger partial charge >= 0.3 is 0 Å². The lowest BCUT2D eigenvalue weighted by atomic mass is 9.93. The molecule has 0 spiro atoms. The Bertz CT molecular complexity index is 424. The molecular weight excluding hydrogens is 258 g/mol. The maximum atomic E-state index is 12.7. The standard InChI is InChI=1S/C14H23N3O3/c1-9(18)13-6-4-5-11-7-16(10(2)19)8-12(15-3)14(20)17(11)13/h11-13,15H,4-8H2,1-3H3. The summed E-state index contributed by atoms with van der Waals surface area (Å²) in [5, 5.41) is 2.97. The van der Waals surface area contributed by atoms with Gasteiger partial charge in [-0.1, -0.05) is 0 Å². The SMILES string of the molecule is CNC1CN(C(C)=O)CC2CCCC(C(C)=O)N2C1=O. The Morgan fingerprint density at radius 1 is 1.20 bits per heavy atom. The molecule has 2 saturated heterocycles. The smallest absolute Gasteiger partial charge is 0.242 e. The highest BCUT2D eigenvalue weighted by Crippen LogP contribution is 2.27. The molecule has 112 valence electrons. The minimum absolute atomic E-state index is 0.0233. The minimum atomic E-state index is -0.427. The van der Waals surface area contributed by atoms with Gasteiger partial charge in [0, 0.05) is 20.0 Å². The zero-order valence-electron chi connectivity index (χ0n) is 12.4. The van der Waals surface area contributed by atoms with Crippen LogP contribution in [0.3, 0.4) is 0 Å². The number of Topliss-reactive ketones (excluding diaryl/α,β-unsaturated/α-hetero) is 1. The molecule has 2 aliphatic heterocycles. The Hall–Kier alpha value is -1.43. The first kappa shape index (κ1) is 15.0. The number of hydrogen-bond acceptors (Lipinski definition) is 4. The maximum absolute atomic E-state index is 12.7. The second-order valence-corrected chi connectivity index (χ2v) is 5.72. The fourth-order valence-electron chi connectivity index (χ4n) is 3.27. The second-order valence-electron chi connectivity index (χ2n) is 5.72. The van der Waals surface area contributed by atoms with Gasteiger partial charge < -0.3 is 15.1 Å². The molecule has 2 heterocycles. The number of ketones is 1. The quantitative estimate of drug-likeness (QED) is 0.759. The zero-order valence-corrected chi connectivity index (χ0v) is 12.4. The fourth-order valence-corrected chi connectivity index (χ4v) is 3.27. The molecule has 0 aromatic heterocycles. The van der Waals surface area contributed by atoms with Gasteiger partial charge in [-0.2, -0.15) is 0 Å². The van der Waals surface area contributed by atoms with Crippen molar-refractivity contribution in [2.75, 3.05) is 20.1 Å². The van der Waals surface area contributed by atoms with Crippen molar-refractivity contribution in [3.8, 4) is 0 Å². The number of piperidine rings is 1. The molecule has 6 nitrogen and oxygen atoms in total. The lowest BCUT2D eigenvalue weighted by Crippen LogP contribution is -2.57. The zero-order chi connectivity index (χ0) is 14.9. The first-order chi connectivity index (χ1) is 9.45. The van der Waals surface area contributed by atoms with Gasteiger partial charge in [-0.25, -0.2) is 0 Å². The van der Waals surface area contributed by atoms with E-state index in [4.69, 9.17) is 0 Å². The molecule has 2 aliphatic rings. The molecule has 0 aromatic rings. The minimum Gasteiger partial charge on any atom is -0.339 e. The van der Waals surface area contributed by atoms with Crippen LogP contribution < -0.4 is 5.32 Å². The normalized spacial score (nSPS) is 30.8. The topological polar surface area (TPSA) is 69.7 Å². The van der Waals surface area contributed by atoms with E-state index in [0.717, 1.165) is 19.3 Å². The number of carbonyl (C=O) groups excluding carboxylic acids is 3. The Morgan fingerprint density at radius 2 is 1.90 bits per heavy atom. The van der Waals surface area contributed by atoms with E-state index >= 15 is 0 Å². The summed E-state index contributed by atoms with van der Waals surface area (Å²) in [7, 11) is 1.72.